The van der Waals surface area contributed by atoms with Crippen molar-refractivity contribution in [1.82, 2.24) is 14.5 Å². The summed E-state index contributed by atoms with van der Waals surface area (Å²) < 4.78 is 26.3. The molecule has 6 heteroatoms. The third-order valence-electron chi connectivity index (χ3n) is 3.35. The SMILES string of the molecule is O=S(=O)(Cc1ccccc1)N1CCc2c[nH]nc2C1. The second-order valence-electron chi connectivity index (χ2n) is 4.68. The van der Waals surface area contributed by atoms with Crippen LogP contribution in [-0.2, 0) is 28.7 Å². The molecule has 2 heterocycles. The Bertz CT molecular complexity index is 664. The zero-order valence-electron chi connectivity index (χ0n) is 10.4. The molecule has 100 valence electrons. The van der Waals surface area contributed by atoms with Crippen LogP contribution in [0.15, 0.2) is 36.5 Å². The summed E-state index contributed by atoms with van der Waals surface area (Å²) in [5.41, 5.74) is 2.77. The number of aromatic nitrogens is 2. The molecule has 1 aliphatic heterocycles. The summed E-state index contributed by atoms with van der Waals surface area (Å²) in [5.74, 6) is 0.0492. The zero-order chi connectivity index (χ0) is 13.3. The zero-order valence-corrected chi connectivity index (χ0v) is 11.2. The van der Waals surface area contributed by atoms with Crippen molar-refractivity contribution < 1.29 is 8.42 Å². The minimum atomic E-state index is -3.28. The number of nitrogens with one attached hydrogen (secondary N) is 1. The Labute approximate surface area is 112 Å². The van der Waals surface area contributed by atoms with E-state index < -0.39 is 10.0 Å². The van der Waals surface area contributed by atoms with Crippen molar-refractivity contribution in [2.24, 2.45) is 0 Å². The van der Waals surface area contributed by atoms with E-state index in [0.717, 1.165) is 23.2 Å². The van der Waals surface area contributed by atoms with E-state index in [0.29, 0.717) is 13.1 Å². The summed E-state index contributed by atoms with van der Waals surface area (Å²) in [6.07, 6.45) is 2.57. The minimum Gasteiger partial charge on any atom is -0.285 e. The van der Waals surface area contributed by atoms with Gasteiger partial charge in [0.2, 0.25) is 10.0 Å². The van der Waals surface area contributed by atoms with Crippen molar-refractivity contribution >= 4 is 10.0 Å². The summed E-state index contributed by atoms with van der Waals surface area (Å²) >= 11 is 0. The molecule has 0 spiro atoms. The molecule has 0 fully saturated rings. The lowest BCUT2D eigenvalue weighted by molar-refractivity contribution is 0.386. The van der Waals surface area contributed by atoms with Gasteiger partial charge in [0.1, 0.15) is 0 Å². The van der Waals surface area contributed by atoms with E-state index in [1.807, 2.05) is 36.5 Å². The molecule has 0 unspecified atom stereocenters. The fourth-order valence-corrected chi connectivity index (χ4v) is 3.79. The predicted molar refractivity (Wildman–Crippen MR) is 71.8 cm³/mol. The first-order chi connectivity index (χ1) is 9.15. The lowest BCUT2D eigenvalue weighted by atomic mass is 10.1. The maximum Gasteiger partial charge on any atom is 0.218 e. The van der Waals surface area contributed by atoms with Crippen LogP contribution in [0.25, 0.3) is 0 Å². The van der Waals surface area contributed by atoms with Crippen LogP contribution in [0.1, 0.15) is 16.8 Å². The second kappa shape index (κ2) is 4.79. The fourth-order valence-electron chi connectivity index (χ4n) is 2.30. The van der Waals surface area contributed by atoms with E-state index in [9.17, 15) is 8.42 Å². The third kappa shape index (κ3) is 2.54. The Hall–Kier alpha value is -1.66. The Kier molecular flexibility index (Phi) is 3.12. The molecule has 0 atom stereocenters. The van der Waals surface area contributed by atoms with Crippen LogP contribution >= 0.6 is 0 Å². The first-order valence-corrected chi connectivity index (χ1v) is 7.79. The molecule has 0 aliphatic carbocycles. The molecule has 0 bridgehead atoms. The fraction of sp³-hybridized carbons (Fsp3) is 0.308. The van der Waals surface area contributed by atoms with Crippen molar-refractivity contribution in [2.45, 2.75) is 18.7 Å². The Morgan fingerprint density at radius 2 is 2.05 bits per heavy atom. The Morgan fingerprint density at radius 3 is 2.84 bits per heavy atom. The van der Waals surface area contributed by atoms with Crippen LogP contribution in [0.5, 0.6) is 0 Å². The largest absolute Gasteiger partial charge is 0.285 e. The summed E-state index contributed by atoms with van der Waals surface area (Å²) in [7, 11) is -3.28. The quantitative estimate of drug-likeness (QED) is 0.919. The van der Waals surface area contributed by atoms with Crippen LogP contribution in [-0.4, -0.2) is 29.5 Å². The molecule has 2 aromatic rings. The number of hydrogen-bond acceptors (Lipinski definition) is 3. The molecule has 1 aromatic heterocycles. The molecular weight excluding hydrogens is 262 g/mol. The molecule has 0 saturated heterocycles. The predicted octanol–water partition coefficient (Wildman–Crippen LogP) is 1.30. The second-order valence-corrected chi connectivity index (χ2v) is 6.65. The average molecular weight is 277 g/mol. The normalized spacial score (nSPS) is 16.2. The number of benzene rings is 1. The first-order valence-electron chi connectivity index (χ1n) is 6.18. The summed E-state index contributed by atoms with van der Waals surface area (Å²) in [4.78, 5) is 0. The maximum atomic E-state index is 12.4. The summed E-state index contributed by atoms with van der Waals surface area (Å²) in [6, 6.07) is 9.26. The monoisotopic (exact) mass is 277 g/mol. The highest BCUT2D eigenvalue weighted by molar-refractivity contribution is 7.88. The lowest BCUT2D eigenvalue weighted by Crippen LogP contribution is -2.36. The molecular formula is C13H15N3O2S. The van der Waals surface area contributed by atoms with Crippen LogP contribution in [0.3, 0.4) is 0 Å². The van der Waals surface area contributed by atoms with Crippen molar-refractivity contribution in [3.05, 3.63) is 53.3 Å². The first kappa shape index (κ1) is 12.4. The Balaban J connectivity index is 1.79. The van der Waals surface area contributed by atoms with Gasteiger partial charge in [0.25, 0.3) is 0 Å². The number of nitrogens with zero attached hydrogens (tertiary/aromatic N) is 2. The highest BCUT2D eigenvalue weighted by Gasteiger charge is 2.27. The van der Waals surface area contributed by atoms with Gasteiger partial charge in [-0.2, -0.15) is 9.40 Å². The number of H-pyrrole nitrogens is 1. The van der Waals surface area contributed by atoms with E-state index in [-0.39, 0.29) is 5.75 Å². The van der Waals surface area contributed by atoms with Gasteiger partial charge >= 0.3 is 0 Å². The molecule has 1 aromatic carbocycles. The van der Waals surface area contributed by atoms with Gasteiger partial charge in [0, 0.05) is 12.7 Å². The number of rotatable bonds is 3. The van der Waals surface area contributed by atoms with Gasteiger partial charge in [0.05, 0.1) is 18.0 Å². The number of fused-ring (bicyclic) bond motifs is 1. The number of sulfonamides is 1. The van der Waals surface area contributed by atoms with E-state index in [2.05, 4.69) is 10.2 Å². The van der Waals surface area contributed by atoms with Crippen LogP contribution < -0.4 is 0 Å². The summed E-state index contributed by atoms with van der Waals surface area (Å²) in [5, 5.41) is 6.89. The van der Waals surface area contributed by atoms with Gasteiger partial charge in [-0.25, -0.2) is 8.42 Å². The molecule has 19 heavy (non-hydrogen) atoms. The number of hydrogen-bond donors (Lipinski definition) is 1. The lowest BCUT2D eigenvalue weighted by Gasteiger charge is -2.25. The minimum absolute atomic E-state index is 0.0492. The van der Waals surface area contributed by atoms with Gasteiger partial charge in [-0.3, -0.25) is 5.10 Å². The van der Waals surface area contributed by atoms with Gasteiger partial charge in [-0.1, -0.05) is 30.3 Å². The summed E-state index contributed by atoms with van der Waals surface area (Å²) in [6.45, 7) is 0.899. The van der Waals surface area contributed by atoms with E-state index in [4.69, 9.17) is 0 Å². The van der Waals surface area contributed by atoms with Gasteiger partial charge in [0.15, 0.2) is 0 Å². The van der Waals surface area contributed by atoms with Crippen molar-refractivity contribution in [3.63, 3.8) is 0 Å². The van der Waals surface area contributed by atoms with Crippen LogP contribution in [0.4, 0.5) is 0 Å². The van der Waals surface area contributed by atoms with Gasteiger partial charge in [-0.15, -0.1) is 0 Å². The van der Waals surface area contributed by atoms with Gasteiger partial charge < -0.3 is 0 Å². The standard InChI is InChI=1S/C13H15N3O2S/c17-19(18,10-11-4-2-1-3-5-11)16-7-6-12-8-14-15-13(12)9-16/h1-5,8H,6-7,9-10H2,(H,14,15). The average Bonchev–Trinajstić information content (AvgIpc) is 2.86. The molecule has 3 rings (SSSR count). The van der Waals surface area contributed by atoms with Gasteiger partial charge in [-0.05, 0) is 17.5 Å². The molecule has 5 nitrogen and oxygen atoms in total. The van der Waals surface area contributed by atoms with E-state index in [1.165, 1.54) is 4.31 Å². The Morgan fingerprint density at radius 1 is 1.26 bits per heavy atom. The van der Waals surface area contributed by atoms with Crippen molar-refractivity contribution in [1.29, 1.82) is 0 Å². The van der Waals surface area contributed by atoms with Crippen LogP contribution in [0.2, 0.25) is 0 Å². The molecule has 0 amide bonds. The molecule has 0 saturated carbocycles. The highest BCUT2D eigenvalue weighted by Crippen LogP contribution is 2.20. The van der Waals surface area contributed by atoms with Crippen LogP contribution in [0, 0.1) is 0 Å². The number of aromatic amines is 1. The van der Waals surface area contributed by atoms with E-state index in [1.54, 1.807) is 0 Å². The topological polar surface area (TPSA) is 66.1 Å². The molecule has 0 radical (unpaired) electrons. The molecule has 1 aliphatic rings. The molecule has 1 N–H and O–H groups in total. The van der Waals surface area contributed by atoms with Crippen molar-refractivity contribution in [3.8, 4) is 0 Å². The smallest absolute Gasteiger partial charge is 0.218 e. The maximum absolute atomic E-state index is 12.4. The highest BCUT2D eigenvalue weighted by atomic mass is 32.2. The van der Waals surface area contributed by atoms with Crippen molar-refractivity contribution in [2.75, 3.05) is 6.54 Å². The van der Waals surface area contributed by atoms with E-state index >= 15 is 0 Å². The third-order valence-corrected chi connectivity index (χ3v) is 5.15.